The van der Waals surface area contributed by atoms with Crippen LogP contribution in [0.4, 0.5) is 5.69 Å². The number of rotatable bonds is 7. The predicted molar refractivity (Wildman–Crippen MR) is 110 cm³/mol. The maximum Gasteiger partial charge on any atom is 0.343 e. The molecule has 0 aromatic heterocycles. The van der Waals surface area contributed by atoms with Crippen LogP contribution in [-0.2, 0) is 4.74 Å². The summed E-state index contributed by atoms with van der Waals surface area (Å²) in [6, 6.07) is 22.0. The van der Waals surface area contributed by atoms with Gasteiger partial charge >= 0.3 is 11.9 Å². The third kappa shape index (κ3) is 4.35. The second-order valence-electron chi connectivity index (χ2n) is 6.70. The highest BCUT2D eigenvalue weighted by Crippen LogP contribution is 2.35. The topological polar surface area (TPSA) is 107 Å². The lowest BCUT2D eigenvalue weighted by atomic mass is 9.90. The summed E-state index contributed by atoms with van der Waals surface area (Å²) in [6.45, 7) is 1.89. The number of carbonyl (C=O) groups is 2. The Hall–Kier alpha value is -4.00. The van der Waals surface area contributed by atoms with E-state index in [0.29, 0.717) is 0 Å². The quantitative estimate of drug-likeness (QED) is 0.337. The van der Waals surface area contributed by atoms with Crippen molar-refractivity contribution in [2.45, 2.75) is 18.9 Å². The van der Waals surface area contributed by atoms with Gasteiger partial charge in [-0.25, -0.2) is 9.59 Å². The van der Waals surface area contributed by atoms with Crippen molar-refractivity contribution in [1.82, 2.24) is 0 Å². The number of benzene rings is 3. The predicted octanol–water partition coefficient (Wildman–Crippen LogP) is 4.99. The van der Waals surface area contributed by atoms with Gasteiger partial charge in [0.25, 0.3) is 5.69 Å². The van der Waals surface area contributed by atoms with Gasteiger partial charge in [-0.2, -0.15) is 0 Å². The first-order valence-electron chi connectivity index (χ1n) is 9.21. The van der Waals surface area contributed by atoms with Crippen molar-refractivity contribution < 1.29 is 24.4 Å². The standard InChI is InChI=1S/C23H19NO6/c1-15(16-9-4-2-5-10-16)21(17-11-6-3-7-12-17)30-23(27)18-13-8-14-19(24(28)29)20(18)22(25)26/h2-15,21H,1H3,(H,25,26)/t15-,21+/m1/s1. The molecule has 7 heteroatoms. The lowest BCUT2D eigenvalue weighted by Crippen LogP contribution is -2.20. The largest absolute Gasteiger partial charge is 0.477 e. The summed E-state index contributed by atoms with van der Waals surface area (Å²) in [4.78, 5) is 35.0. The average molecular weight is 405 g/mol. The number of nitro benzene ring substituents is 1. The highest BCUT2D eigenvalue weighted by molar-refractivity contribution is 6.05. The molecule has 0 bridgehead atoms. The highest BCUT2D eigenvalue weighted by Gasteiger charge is 2.31. The molecule has 3 rings (SSSR count). The fourth-order valence-electron chi connectivity index (χ4n) is 3.30. The Morgan fingerprint density at radius 1 is 0.900 bits per heavy atom. The second kappa shape index (κ2) is 9.00. The summed E-state index contributed by atoms with van der Waals surface area (Å²) < 4.78 is 5.74. The van der Waals surface area contributed by atoms with Gasteiger partial charge in [0.1, 0.15) is 6.10 Å². The van der Waals surface area contributed by atoms with Crippen LogP contribution in [0.25, 0.3) is 0 Å². The van der Waals surface area contributed by atoms with Gasteiger partial charge in [0.2, 0.25) is 0 Å². The van der Waals surface area contributed by atoms with Crippen LogP contribution in [0, 0.1) is 10.1 Å². The maximum absolute atomic E-state index is 13.0. The van der Waals surface area contributed by atoms with Crippen molar-refractivity contribution in [2.24, 2.45) is 0 Å². The molecule has 0 amide bonds. The molecule has 0 radical (unpaired) electrons. The minimum Gasteiger partial charge on any atom is -0.477 e. The van der Waals surface area contributed by atoms with E-state index in [1.807, 2.05) is 67.6 Å². The summed E-state index contributed by atoms with van der Waals surface area (Å²) in [5, 5.41) is 20.7. The molecule has 0 aliphatic heterocycles. The lowest BCUT2D eigenvalue weighted by molar-refractivity contribution is -0.385. The number of carboxylic acids is 1. The van der Waals surface area contributed by atoms with Crippen molar-refractivity contribution in [3.63, 3.8) is 0 Å². The van der Waals surface area contributed by atoms with Gasteiger partial charge in [0.15, 0.2) is 5.56 Å². The zero-order valence-corrected chi connectivity index (χ0v) is 16.1. The number of hydrogen-bond donors (Lipinski definition) is 1. The van der Waals surface area contributed by atoms with E-state index in [-0.39, 0.29) is 11.5 Å². The van der Waals surface area contributed by atoms with Crippen LogP contribution in [0.15, 0.2) is 78.9 Å². The summed E-state index contributed by atoms with van der Waals surface area (Å²) in [6.07, 6.45) is -0.720. The molecule has 1 N–H and O–H groups in total. The number of esters is 1. The van der Waals surface area contributed by atoms with Crippen LogP contribution in [-0.4, -0.2) is 22.0 Å². The summed E-state index contributed by atoms with van der Waals surface area (Å²) in [5.74, 6) is -2.75. The molecule has 2 atom stereocenters. The molecule has 0 heterocycles. The summed E-state index contributed by atoms with van der Waals surface area (Å²) in [5.41, 5.74) is -0.0601. The van der Waals surface area contributed by atoms with E-state index in [1.165, 1.54) is 12.1 Å². The normalized spacial score (nSPS) is 12.6. The fourth-order valence-corrected chi connectivity index (χ4v) is 3.30. The Morgan fingerprint density at radius 3 is 2.00 bits per heavy atom. The Kier molecular flexibility index (Phi) is 6.22. The smallest absolute Gasteiger partial charge is 0.343 e. The third-order valence-corrected chi connectivity index (χ3v) is 4.81. The Bertz CT molecular complexity index is 1070. The van der Waals surface area contributed by atoms with Crippen LogP contribution >= 0.6 is 0 Å². The maximum atomic E-state index is 13.0. The molecule has 7 nitrogen and oxygen atoms in total. The van der Waals surface area contributed by atoms with Crippen molar-refractivity contribution in [3.05, 3.63) is 111 Å². The van der Waals surface area contributed by atoms with Crippen LogP contribution in [0.5, 0.6) is 0 Å². The molecule has 30 heavy (non-hydrogen) atoms. The second-order valence-corrected chi connectivity index (χ2v) is 6.70. The van der Waals surface area contributed by atoms with Gasteiger partial charge in [0, 0.05) is 12.0 Å². The van der Waals surface area contributed by atoms with E-state index >= 15 is 0 Å². The first kappa shape index (κ1) is 20.7. The van der Waals surface area contributed by atoms with Gasteiger partial charge in [-0.3, -0.25) is 10.1 Å². The molecule has 0 saturated heterocycles. The number of ether oxygens (including phenoxy) is 1. The molecule has 0 saturated carbocycles. The number of hydrogen-bond acceptors (Lipinski definition) is 5. The van der Waals surface area contributed by atoms with E-state index in [9.17, 15) is 24.8 Å². The molecule has 0 fully saturated rings. The molecule has 0 aliphatic rings. The van der Waals surface area contributed by atoms with E-state index in [2.05, 4.69) is 0 Å². The summed E-state index contributed by atoms with van der Waals surface area (Å²) >= 11 is 0. The molecule has 3 aromatic carbocycles. The first-order valence-corrected chi connectivity index (χ1v) is 9.21. The van der Waals surface area contributed by atoms with Gasteiger partial charge in [-0.15, -0.1) is 0 Å². The van der Waals surface area contributed by atoms with E-state index in [1.54, 1.807) is 0 Å². The lowest BCUT2D eigenvalue weighted by Gasteiger charge is -2.25. The van der Waals surface area contributed by atoms with Gasteiger partial charge < -0.3 is 9.84 Å². The minimum absolute atomic E-state index is 0.246. The van der Waals surface area contributed by atoms with Gasteiger partial charge in [-0.1, -0.05) is 73.7 Å². The number of nitrogens with zero attached hydrogens (tertiary/aromatic N) is 1. The van der Waals surface area contributed by atoms with E-state index < -0.39 is 34.2 Å². The minimum atomic E-state index is -1.57. The van der Waals surface area contributed by atoms with Crippen molar-refractivity contribution in [2.75, 3.05) is 0 Å². The zero-order valence-electron chi connectivity index (χ0n) is 16.1. The zero-order chi connectivity index (χ0) is 21.7. The highest BCUT2D eigenvalue weighted by atomic mass is 16.6. The number of aromatic carboxylic acids is 1. The van der Waals surface area contributed by atoms with E-state index in [4.69, 9.17) is 4.74 Å². The van der Waals surface area contributed by atoms with Crippen molar-refractivity contribution >= 4 is 17.6 Å². The Balaban J connectivity index is 2.02. The number of nitro groups is 1. The van der Waals surface area contributed by atoms with Gasteiger partial charge in [-0.05, 0) is 17.2 Å². The SMILES string of the molecule is C[C@H](c1ccccc1)[C@H](OC(=O)c1cccc([N+](=O)[O-])c1C(=O)O)c1ccccc1. The third-order valence-electron chi connectivity index (χ3n) is 4.81. The molecule has 0 spiro atoms. The van der Waals surface area contributed by atoms with Crippen LogP contribution < -0.4 is 0 Å². The van der Waals surface area contributed by atoms with Gasteiger partial charge in [0.05, 0.1) is 10.5 Å². The molecule has 3 aromatic rings. The monoisotopic (exact) mass is 405 g/mol. The number of carboxylic acid groups (broad SMARTS) is 1. The van der Waals surface area contributed by atoms with Crippen LogP contribution in [0.3, 0.4) is 0 Å². The van der Waals surface area contributed by atoms with Crippen molar-refractivity contribution in [3.8, 4) is 0 Å². The summed E-state index contributed by atoms with van der Waals surface area (Å²) in [7, 11) is 0. The number of carbonyl (C=O) groups excluding carboxylic acids is 1. The van der Waals surface area contributed by atoms with E-state index in [0.717, 1.165) is 17.2 Å². The molecule has 152 valence electrons. The average Bonchev–Trinajstić information content (AvgIpc) is 2.77. The molecular weight excluding hydrogens is 386 g/mol. The molecular formula is C23H19NO6. The molecule has 0 aliphatic carbocycles. The molecule has 0 unspecified atom stereocenters. The Morgan fingerprint density at radius 2 is 1.47 bits per heavy atom. The Labute approximate surface area is 172 Å². The van der Waals surface area contributed by atoms with Crippen molar-refractivity contribution in [1.29, 1.82) is 0 Å². The fraction of sp³-hybridized carbons (Fsp3) is 0.130. The van der Waals surface area contributed by atoms with Crippen LogP contribution in [0.1, 0.15) is 50.8 Å². The first-order chi connectivity index (χ1) is 14.4. The van der Waals surface area contributed by atoms with Crippen LogP contribution in [0.2, 0.25) is 0 Å².